The number of hydrogen-bond donors (Lipinski definition) is 1. The Hall–Kier alpha value is -1.42. The summed E-state index contributed by atoms with van der Waals surface area (Å²) in [7, 11) is 3.37. The molecule has 1 aromatic carbocycles. The van der Waals surface area contributed by atoms with Crippen LogP contribution in [-0.2, 0) is 0 Å². The van der Waals surface area contributed by atoms with Gasteiger partial charge in [0, 0.05) is 31.7 Å². The highest BCUT2D eigenvalue weighted by Crippen LogP contribution is 2.30. The zero-order valence-electron chi connectivity index (χ0n) is 13.7. The summed E-state index contributed by atoms with van der Waals surface area (Å²) in [4.78, 5) is 2.56. The fraction of sp³-hybridized carbons (Fsp3) is 0.647. The molecule has 0 aliphatic carbocycles. The Morgan fingerprint density at radius 2 is 1.90 bits per heavy atom. The van der Waals surface area contributed by atoms with E-state index in [0.717, 1.165) is 23.1 Å². The van der Waals surface area contributed by atoms with Crippen molar-refractivity contribution < 1.29 is 9.47 Å². The maximum atomic E-state index is 5.45. The fourth-order valence-electron chi connectivity index (χ4n) is 2.91. The molecule has 118 valence electrons. The van der Waals surface area contributed by atoms with E-state index in [9.17, 15) is 0 Å². The topological polar surface area (TPSA) is 33.7 Å². The SMILES string of the molecule is COc1ccc(NC2CCN(CC(C)C)CC2)c(OC)c1. The highest BCUT2D eigenvalue weighted by atomic mass is 16.5. The van der Waals surface area contributed by atoms with E-state index in [2.05, 4.69) is 24.1 Å². The molecule has 2 rings (SSSR count). The molecule has 0 bridgehead atoms. The van der Waals surface area contributed by atoms with Crippen LogP contribution < -0.4 is 14.8 Å². The van der Waals surface area contributed by atoms with Crippen LogP contribution in [0.15, 0.2) is 18.2 Å². The third kappa shape index (κ3) is 4.53. The van der Waals surface area contributed by atoms with Gasteiger partial charge < -0.3 is 19.7 Å². The van der Waals surface area contributed by atoms with E-state index < -0.39 is 0 Å². The number of ether oxygens (including phenoxy) is 2. The lowest BCUT2D eigenvalue weighted by molar-refractivity contribution is 0.198. The van der Waals surface area contributed by atoms with Gasteiger partial charge in [-0.2, -0.15) is 0 Å². The summed E-state index contributed by atoms with van der Waals surface area (Å²) in [5.74, 6) is 2.42. The van der Waals surface area contributed by atoms with Crippen LogP contribution in [0.1, 0.15) is 26.7 Å². The standard InChI is InChI=1S/C17H28N2O2/c1-13(2)12-19-9-7-14(8-10-19)18-16-6-5-15(20-3)11-17(16)21-4/h5-6,11,13-14,18H,7-10,12H2,1-4H3. The lowest BCUT2D eigenvalue weighted by Gasteiger charge is -2.34. The summed E-state index contributed by atoms with van der Waals surface area (Å²) in [6.45, 7) is 8.13. The van der Waals surface area contributed by atoms with E-state index in [1.165, 1.54) is 32.5 Å². The molecule has 0 spiro atoms. The van der Waals surface area contributed by atoms with Crippen molar-refractivity contribution in [1.29, 1.82) is 0 Å². The Labute approximate surface area is 128 Å². The number of anilines is 1. The zero-order valence-corrected chi connectivity index (χ0v) is 13.7. The molecule has 1 fully saturated rings. The second-order valence-corrected chi connectivity index (χ2v) is 6.18. The predicted octanol–water partition coefficient (Wildman–Crippen LogP) is 3.24. The number of piperidine rings is 1. The highest BCUT2D eigenvalue weighted by molar-refractivity contribution is 5.59. The van der Waals surface area contributed by atoms with Crippen LogP contribution in [0.3, 0.4) is 0 Å². The summed E-state index contributed by atoms with van der Waals surface area (Å²) in [5.41, 5.74) is 1.06. The fourth-order valence-corrected chi connectivity index (χ4v) is 2.91. The molecular weight excluding hydrogens is 264 g/mol. The van der Waals surface area contributed by atoms with Gasteiger partial charge in [-0.1, -0.05) is 13.8 Å². The largest absolute Gasteiger partial charge is 0.497 e. The van der Waals surface area contributed by atoms with Crippen LogP contribution in [0, 0.1) is 5.92 Å². The van der Waals surface area contributed by atoms with Crippen molar-refractivity contribution >= 4 is 5.69 Å². The summed E-state index contributed by atoms with van der Waals surface area (Å²) >= 11 is 0. The van der Waals surface area contributed by atoms with Gasteiger partial charge in [0.15, 0.2) is 0 Å². The molecule has 0 aromatic heterocycles. The second-order valence-electron chi connectivity index (χ2n) is 6.18. The van der Waals surface area contributed by atoms with Crippen molar-refractivity contribution in [2.45, 2.75) is 32.7 Å². The van der Waals surface area contributed by atoms with E-state index in [1.54, 1.807) is 14.2 Å². The van der Waals surface area contributed by atoms with E-state index in [0.29, 0.717) is 6.04 Å². The van der Waals surface area contributed by atoms with Gasteiger partial charge in [-0.05, 0) is 30.9 Å². The lowest BCUT2D eigenvalue weighted by Crippen LogP contribution is -2.40. The van der Waals surface area contributed by atoms with E-state index >= 15 is 0 Å². The smallest absolute Gasteiger partial charge is 0.145 e. The Morgan fingerprint density at radius 3 is 2.48 bits per heavy atom. The first-order valence-corrected chi connectivity index (χ1v) is 7.83. The van der Waals surface area contributed by atoms with E-state index in [1.807, 2.05) is 18.2 Å². The van der Waals surface area contributed by atoms with Crippen molar-refractivity contribution in [3.63, 3.8) is 0 Å². The molecule has 1 heterocycles. The predicted molar refractivity (Wildman–Crippen MR) is 87.5 cm³/mol. The summed E-state index contributed by atoms with van der Waals surface area (Å²) in [5, 5.41) is 3.62. The molecule has 1 aliphatic heterocycles. The number of hydrogen-bond acceptors (Lipinski definition) is 4. The number of nitrogens with zero attached hydrogens (tertiary/aromatic N) is 1. The van der Waals surface area contributed by atoms with Crippen molar-refractivity contribution in [3.05, 3.63) is 18.2 Å². The maximum absolute atomic E-state index is 5.45. The molecule has 1 aromatic rings. The minimum Gasteiger partial charge on any atom is -0.497 e. The van der Waals surface area contributed by atoms with Crippen molar-refractivity contribution in [1.82, 2.24) is 4.90 Å². The third-order valence-corrected chi connectivity index (χ3v) is 3.98. The summed E-state index contributed by atoms with van der Waals surface area (Å²) in [6, 6.07) is 6.46. The Kier molecular flexibility index (Phi) is 5.74. The molecule has 4 nitrogen and oxygen atoms in total. The minimum atomic E-state index is 0.524. The van der Waals surface area contributed by atoms with Crippen molar-refractivity contribution in [2.75, 3.05) is 39.2 Å². The third-order valence-electron chi connectivity index (χ3n) is 3.98. The van der Waals surface area contributed by atoms with Crippen LogP contribution >= 0.6 is 0 Å². The number of nitrogens with one attached hydrogen (secondary N) is 1. The molecule has 0 saturated carbocycles. The van der Waals surface area contributed by atoms with Gasteiger partial charge in [0.1, 0.15) is 11.5 Å². The number of methoxy groups -OCH3 is 2. The van der Waals surface area contributed by atoms with Crippen LogP contribution in [0.25, 0.3) is 0 Å². The van der Waals surface area contributed by atoms with Gasteiger partial charge in [-0.15, -0.1) is 0 Å². The van der Waals surface area contributed by atoms with Crippen molar-refractivity contribution in [2.24, 2.45) is 5.92 Å². The average molecular weight is 292 g/mol. The zero-order chi connectivity index (χ0) is 15.2. The Morgan fingerprint density at radius 1 is 1.19 bits per heavy atom. The van der Waals surface area contributed by atoms with Crippen LogP contribution in [0.5, 0.6) is 11.5 Å². The molecule has 0 amide bonds. The first kappa shape index (κ1) is 16.0. The lowest BCUT2D eigenvalue weighted by atomic mass is 10.0. The molecule has 21 heavy (non-hydrogen) atoms. The first-order chi connectivity index (χ1) is 10.1. The Balaban J connectivity index is 1.91. The molecule has 1 N–H and O–H groups in total. The number of benzene rings is 1. The summed E-state index contributed by atoms with van der Waals surface area (Å²) in [6.07, 6.45) is 2.36. The van der Waals surface area contributed by atoms with Gasteiger partial charge in [-0.25, -0.2) is 0 Å². The monoisotopic (exact) mass is 292 g/mol. The maximum Gasteiger partial charge on any atom is 0.145 e. The highest BCUT2D eigenvalue weighted by Gasteiger charge is 2.20. The normalized spacial score (nSPS) is 17.0. The van der Waals surface area contributed by atoms with Gasteiger partial charge in [0.25, 0.3) is 0 Å². The van der Waals surface area contributed by atoms with E-state index in [4.69, 9.17) is 9.47 Å². The summed E-state index contributed by atoms with van der Waals surface area (Å²) < 4.78 is 10.7. The Bertz CT molecular complexity index is 440. The first-order valence-electron chi connectivity index (χ1n) is 7.83. The molecule has 0 unspecified atom stereocenters. The molecule has 4 heteroatoms. The molecule has 0 atom stereocenters. The van der Waals surface area contributed by atoms with Gasteiger partial charge in [0.2, 0.25) is 0 Å². The average Bonchev–Trinajstić information content (AvgIpc) is 2.49. The molecular formula is C17H28N2O2. The molecule has 0 radical (unpaired) electrons. The van der Waals surface area contributed by atoms with Gasteiger partial charge in [-0.3, -0.25) is 0 Å². The van der Waals surface area contributed by atoms with Crippen LogP contribution in [0.4, 0.5) is 5.69 Å². The van der Waals surface area contributed by atoms with Gasteiger partial charge in [0.05, 0.1) is 19.9 Å². The second kappa shape index (κ2) is 7.55. The molecule has 1 aliphatic rings. The number of rotatable bonds is 6. The number of likely N-dealkylation sites (tertiary alicyclic amines) is 1. The van der Waals surface area contributed by atoms with Crippen LogP contribution in [0.2, 0.25) is 0 Å². The van der Waals surface area contributed by atoms with Crippen molar-refractivity contribution in [3.8, 4) is 11.5 Å². The van der Waals surface area contributed by atoms with E-state index in [-0.39, 0.29) is 0 Å². The minimum absolute atomic E-state index is 0.524. The van der Waals surface area contributed by atoms with Gasteiger partial charge >= 0.3 is 0 Å². The molecule has 1 saturated heterocycles. The van der Waals surface area contributed by atoms with Crippen LogP contribution in [-0.4, -0.2) is 44.8 Å². The quantitative estimate of drug-likeness (QED) is 0.873.